The SMILES string of the molecule is Cc1cc(C(=O)N(CCc2ccccc2)C2CCCC2)c2c(C)noc2n1. The van der Waals surface area contributed by atoms with Crippen molar-refractivity contribution >= 4 is 17.0 Å². The monoisotopic (exact) mass is 363 g/mol. The summed E-state index contributed by atoms with van der Waals surface area (Å²) in [7, 11) is 0. The van der Waals surface area contributed by atoms with E-state index in [1.807, 2.05) is 38.1 Å². The number of hydrogen-bond donors (Lipinski definition) is 0. The van der Waals surface area contributed by atoms with Gasteiger partial charge in [-0.05, 0) is 44.7 Å². The van der Waals surface area contributed by atoms with E-state index in [9.17, 15) is 4.79 Å². The van der Waals surface area contributed by atoms with Crippen molar-refractivity contribution in [3.63, 3.8) is 0 Å². The molecule has 0 saturated heterocycles. The number of aromatic nitrogens is 2. The molecule has 3 aromatic rings. The number of carbonyl (C=O) groups is 1. The largest absolute Gasteiger partial charge is 0.336 e. The van der Waals surface area contributed by atoms with Crippen LogP contribution in [0.15, 0.2) is 40.9 Å². The topological polar surface area (TPSA) is 59.2 Å². The lowest BCUT2D eigenvalue weighted by molar-refractivity contribution is 0.0686. The Morgan fingerprint density at radius 1 is 1.19 bits per heavy atom. The number of amides is 1. The molecule has 5 nitrogen and oxygen atoms in total. The number of hydrogen-bond acceptors (Lipinski definition) is 4. The fraction of sp³-hybridized carbons (Fsp3) is 0.409. The van der Waals surface area contributed by atoms with Gasteiger partial charge in [0.25, 0.3) is 11.6 Å². The Kier molecular flexibility index (Phi) is 4.92. The Balaban J connectivity index is 1.67. The molecule has 0 spiro atoms. The summed E-state index contributed by atoms with van der Waals surface area (Å²) in [4.78, 5) is 20.1. The lowest BCUT2D eigenvalue weighted by Gasteiger charge is -2.29. The van der Waals surface area contributed by atoms with E-state index in [0.29, 0.717) is 17.3 Å². The molecule has 2 aromatic heterocycles. The predicted molar refractivity (Wildman–Crippen MR) is 105 cm³/mol. The first-order valence-corrected chi connectivity index (χ1v) is 9.72. The van der Waals surface area contributed by atoms with Gasteiger partial charge in [0.15, 0.2) is 0 Å². The van der Waals surface area contributed by atoms with Crippen molar-refractivity contribution in [3.05, 3.63) is 58.9 Å². The van der Waals surface area contributed by atoms with E-state index in [4.69, 9.17) is 4.52 Å². The second-order valence-electron chi connectivity index (χ2n) is 7.43. The molecule has 0 N–H and O–H groups in total. The minimum atomic E-state index is 0.0691. The van der Waals surface area contributed by atoms with Crippen LogP contribution in [0.1, 0.15) is 53.0 Å². The zero-order valence-corrected chi connectivity index (χ0v) is 15.9. The Morgan fingerprint density at radius 2 is 1.93 bits per heavy atom. The highest BCUT2D eigenvalue weighted by Gasteiger charge is 2.29. The van der Waals surface area contributed by atoms with E-state index in [1.165, 1.54) is 18.4 Å². The molecule has 1 fully saturated rings. The van der Waals surface area contributed by atoms with E-state index in [0.717, 1.165) is 42.6 Å². The van der Waals surface area contributed by atoms with Gasteiger partial charge < -0.3 is 9.42 Å². The highest BCUT2D eigenvalue weighted by atomic mass is 16.5. The average molecular weight is 363 g/mol. The second-order valence-corrected chi connectivity index (χ2v) is 7.43. The summed E-state index contributed by atoms with van der Waals surface area (Å²) >= 11 is 0. The molecule has 140 valence electrons. The summed E-state index contributed by atoms with van der Waals surface area (Å²) < 4.78 is 5.32. The van der Waals surface area contributed by atoms with Crippen LogP contribution < -0.4 is 0 Å². The number of aryl methyl sites for hydroxylation is 2. The molecule has 1 saturated carbocycles. The predicted octanol–water partition coefficient (Wildman–Crippen LogP) is 4.47. The molecule has 2 heterocycles. The zero-order valence-electron chi connectivity index (χ0n) is 15.9. The molecule has 0 atom stereocenters. The van der Waals surface area contributed by atoms with Gasteiger partial charge in [0.05, 0.1) is 16.6 Å². The molecule has 0 radical (unpaired) electrons. The Labute approximate surface area is 159 Å². The molecule has 4 rings (SSSR count). The maximum atomic E-state index is 13.6. The van der Waals surface area contributed by atoms with Gasteiger partial charge in [0.1, 0.15) is 0 Å². The van der Waals surface area contributed by atoms with Gasteiger partial charge in [-0.3, -0.25) is 4.79 Å². The van der Waals surface area contributed by atoms with Crippen LogP contribution in [-0.4, -0.2) is 33.5 Å². The third kappa shape index (κ3) is 3.59. The fourth-order valence-corrected chi connectivity index (χ4v) is 4.10. The minimum absolute atomic E-state index is 0.0691. The van der Waals surface area contributed by atoms with Gasteiger partial charge in [-0.2, -0.15) is 0 Å². The van der Waals surface area contributed by atoms with Crippen molar-refractivity contribution in [1.82, 2.24) is 15.0 Å². The maximum Gasteiger partial charge on any atom is 0.258 e. The lowest BCUT2D eigenvalue weighted by Crippen LogP contribution is -2.40. The highest BCUT2D eigenvalue weighted by molar-refractivity contribution is 6.06. The van der Waals surface area contributed by atoms with E-state index >= 15 is 0 Å². The lowest BCUT2D eigenvalue weighted by atomic mass is 10.1. The van der Waals surface area contributed by atoms with Crippen molar-refractivity contribution < 1.29 is 9.32 Å². The van der Waals surface area contributed by atoms with Crippen molar-refractivity contribution in [2.75, 3.05) is 6.54 Å². The van der Waals surface area contributed by atoms with E-state index in [-0.39, 0.29) is 5.91 Å². The number of fused-ring (bicyclic) bond motifs is 1. The molecule has 1 aromatic carbocycles. The maximum absolute atomic E-state index is 13.6. The first-order valence-electron chi connectivity index (χ1n) is 9.72. The molecule has 0 unspecified atom stereocenters. The highest BCUT2D eigenvalue weighted by Crippen LogP contribution is 2.28. The van der Waals surface area contributed by atoms with Crippen molar-refractivity contribution in [3.8, 4) is 0 Å². The third-order valence-corrected chi connectivity index (χ3v) is 5.49. The van der Waals surface area contributed by atoms with Crippen LogP contribution >= 0.6 is 0 Å². The van der Waals surface area contributed by atoms with E-state index in [1.54, 1.807) is 0 Å². The molecule has 5 heteroatoms. The standard InChI is InChI=1S/C22H25N3O2/c1-15-14-19(20-16(2)24-27-21(20)23-15)22(26)25(18-10-6-7-11-18)13-12-17-8-4-3-5-9-17/h3-5,8-9,14,18H,6-7,10-13H2,1-2H3. The molecule has 0 aliphatic heterocycles. The van der Waals surface area contributed by atoms with Gasteiger partial charge in [-0.15, -0.1) is 0 Å². The third-order valence-electron chi connectivity index (χ3n) is 5.49. The van der Waals surface area contributed by atoms with E-state index in [2.05, 4.69) is 27.2 Å². The van der Waals surface area contributed by atoms with E-state index < -0.39 is 0 Å². The van der Waals surface area contributed by atoms with Gasteiger partial charge in [0.2, 0.25) is 0 Å². The minimum Gasteiger partial charge on any atom is -0.336 e. The summed E-state index contributed by atoms with van der Waals surface area (Å²) in [6, 6.07) is 12.5. The number of pyridine rings is 1. The first-order chi connectivity index (χ1) is 13.1. The van der Waals surface area contributed by atoms with Crippen LogP contribution in [0.25, 0.3) is 11.1 Å². The van der Waals surface area contributed by atoms with Crippen LogP contribution in [0.3, 0.4) is 0 Å². The fourth-order valence-electron chi connectivity index (χ4n) is 4.10. The zero-order chi connectivity index (χ0) is 18.8. The quantitative estimate of drug-likeness (QED) is 0.671. The van der Waals surface area contributed by atoms with Crippen LogP contribution in [-0.2, 0) is 6.42 Å². The van der Waals surface area contributed by atoms with Gasteiger partial charge in [-0.25, -0.2) is 4.98 Å². The normalized spacial score (nSPS) is 14.7. The van der Waals surface area contributed by atoms with Crippen LogP contribution in [0.2, 0.25) is 0 Å². The Hall–Kier alpha value is -2.69. The van der Waals surface area contributed by atoms with Crippen LogP contribution in [0.4, 0.5) is 0 Å². The number of benzene rings is 1. The Morgan fingerprint density at radius 3 is 2.67 bits per heavy atom. The molecule has 27 heavy (non-hydrogen) atoms. The number of nitrogens with zero attached hydrogens (tertiary/aromatic N) is 3. The summed E-state index contributed by atoms with van der Waals surface area (Å²) in [6.45, 7) is 4.47. The summed E-state index contributed by atoms with van der Waals surface area (Å²) in [6.07, 6.45) is 5.40. The van der Waals surface area contributed by atoms with Crippen molar-refractivity contribution in [2.45, 2.75) is 52.0 Å². The molecule has 1 amide bonds. The molecular weight excluding hydrogens is 338 g/mol. The van der Waals surface area contributed by atoms with Gasteiger partial charge in [-0.1, -0.05) is 48.3 Å². The van der Waals surface area contributed by atoms with Gasteiger partial charge >= 0.3 is 0 Å². The summed E-state index contributed by atoms with van der Waals surface area (Å²) in [5, 5.41) is 4.77. The summed E-state index contributed by atoms with van der Waals surface area (Å²) in [5.41, 5.74) is 3.86. The van der Waals surface area contributed by atoms with Crippen molar-refractivity contribution in [2.24, 2.45) is 0 Å². The number of carbonyl (C=O) groups excluding carboxylic acids is 1. The average Bonchev–Trinajstić information content (AvgIpc) is 3.32. The van der Waals surface area contributed by atoms with Crippen LogP contribution in [0.5, 0.6) is 0 Å². The second kappa shape index (κ2) is 7.51. The smallest absolute Gasteiger partial charge is 0.258 e. The number of rotatable bonds is 5. The summed E-state index contributed by atoms with van der Waals surface area (Å²) in [5.74, 6) is 0.0691. The molecule has 0 bridgehead atoms. The van der Waals surface area contributed by atoms with Gasteiger partial charge in [0, 0.05) is 18.3 Å². The molecule has 1 aliphatic carbocycles. The molecular formula is C22H25N3O2. The van der Waals surface area contributed by atoms with Crippen LogP contribution in [0, 0.1) is 13.8 Å². The first kappa shape index (κ1) is 17.7. The Bertz CT molecular complexity index is 943. The van der Waals surface area contributed by atoms with Crippen molar-refractivity contribution in [1.29, 1.82) is 0 Å². The molecule has 1 aliphatic rings.